The van der Waals surface area contributed by atoms with Crippen molar-refractivity contribution in [2.75, 3.05) is 5.32 Å². The number of amides is 1. The molecule has 1 atom stereocenters. The molecule has 3 nitrogen and oxygen atoms in total. The fourth-order valence-electron chi connectivity index (χ4n) is 1.31. The molecular weight excluding hydrogens is 304 g/mol. The van der Waals surface area contributed by atoms with E-state index < -0.39 is 5.92 Å². The van der Waals surface area contributed by atoms with Gasteiger partial charge in [-0.3, -0.25) is 4.79 Å². The maximum Gasteiger partial charge on any atom is 0.242 e. The highest BCUT2D eigenvalue weighted by molar-refractivity contribution is 9.10. The molecule has 1 aromatic carbocycles. The van der Waals surface area contributed by atoms with E-state index in [0.29, 0.717) is 15.2 Å². The SMILES string of the molecule is CC(C)C(C#N)C(=O)Nc1ccc(Cl)cc1Br. The number of hydrogen-bond donors (Lipinski definition) is 1. The highest BCUT2D eigenvalue weighted by Crippen LogP contribution is 2.26. The Morgan fingerprint density at radius 3 is 2.65 bits per heavy atom. The van der Waals surface area contributed by atoms with Crippen molar-refractivity contribution in [3.63, 3.8) is 0 Å². The average molecular weight is 316 g/mol. The van der Waals surface area contributed by atoms with Crippen LogP contribution in [0, 0.1) is 23.2 Å². The fraction of sp³-hybridized carbons (Fsp3) is 0.333. The molecule has 0 fully saturated rings. The van der Waals surface area contributed by atoms with E-state index in [2.05, 4.69) is 21.2 Å². The molecule has 1 N–H and O–H groups in total. The molecule has 0 aliphatic rings. The van der Waals surface area contributed by atoms with Gasteiger partial charge in [0, 0.05) is 9.50 Å². The van der Waals surface area contributed by atoms with Crippen LogP contribution in [-0.4, -0.2) is 5.91 Å². The van der Waals surface area contributed by atoms with E-state index in [4.69, 9.17) is 16.9 Å². The summed E-state index contributed by atoms with van der Waals surface area (Å²) in [6.07, 6.45) is 0. The Morgan fingerprint density at radius 2 is 2.18 bits per heavy atom. The third-order valence-corrected chi connectivity index (χ3v) is 3.17. The average Bonchev–Trinajstić information content (AvgIpc) is 2.22. The third-order valence-electron chi connectivity index (χ3n) is 2.28. The topological polar surface area (TPSA) is 52.9 Å². The molecule has 0 bridgehead atoms. The van der Waals surface area contributed by atoms with Crippen molar-refractivity contribution in [2.24, 2.45) is 11.8 Å². The molecule has 5 heteroatoms. The molecule has 1 aromatic rings. The van der Waals surface area contributed by atoms with Crippen LogP contribution in [-0.2, 0) is 4.79 Å². The van der Waals surface area contributed by atoms with E-state index in [1.54, 1.807) is 18.2 Å². The maximum absolute atomic E-state index is 11.8. The first-order valence-corrected chi connectivity index (χ1v) is 6.28. The molecule has 0 spiro atoms. The summed E-state index contributed by atoms with van der Waals surface area (Å²) in [6, 6.07) is 7.06. The lowest BCUT2D eigenvalue weighted by Gasteiger charge is -2.14. The smallest absolute Gasteiger partial charge is 0.242 e. The number of carbonyl (C=O) groups is 1. The lowest BCUT2D eigenvalue weighted by molar-refractivity contribution is -0.119. The van der Waals surface area contributed by atoms with Crippen LogP contribution in [0.15, 0.2) is 22.7 Å². The third kappa shape index (κ3) is 3.72. The lowest BCUT2D eigenvalue weighted by atomic mass is 9.96. The maximum atomic E-state index is 11.8. The molecule has 0 radical (unpaired) electrons. The Morgan fingerprint density at radius 1 is 1.53 bits per heavy atom. The highest BCUT2D eigenvalue weighted by atomic mass is 79.9. The van der Waals surface area contributed by atoms with Gasteiger partial charge >= 0.3 is 0 Å². The second-order valence-electron chi connectivity index (χ2n) is 3.96. The summed E-state index contributed by atoms with van der Waals surface area (Å²) in [5.74, 6) is -0.978. The number of carbonyl (C=O) groups excluding carboxylic acids is 1. The minimum absolute atomic E-state index is 0.0222. The van der Waals surface area contributed by atoms with Gasteiger partial charge in [0.15, 0.2) is 0 Å². The summed E-state index contributed by atoms with van der Waals surface area (Å²) in [7, 11) is 0. The first-order valence-electron chi connectivity index (χ1n) is 5.11. The van der Waals surface area contributed by atoms with Gasteiger partial charge in [0.1, 0.15) is 5.92 Å². The van der Waals surface area contributed by atoms with E-state index in [9.17, 15) is 4.79 Å². The standard InChI is InChI=1S/C12H12BrClN2O/c1-7(2)9(6-15)12(17)16-11-4-3-8(14)5-10(11)13/h3-5,7,9H,1-2H3,(H,16,17). The lowest BCUT2D eigenvalue weighted by Crippen LogP contribution is -2.25. The van der Waals surface area contributed by atoms with Gasteiger partial charge in [-0.15, -0.1) is 0 Å². The fourth-order valence-corrected chi connectivity index (χ4v) is 2.09. The number of nitrogens with one attached hydrogen (secondary N) is 1. The first kappa shape index (κ1) is 14.0. The largest absolute Gasteiger partial charge is 0.324 e. The Bertz CT molecular complexity index is 468. The summed E-state index contributed by atoms with van der Waals surface area (Å²) in [6.45, 7) is 3.68. The van der Waals surface area contributed by atoms with Gasteiger partial charge in [-0.1, -0.05) is 25.4 Å². The number of hydrogen-bond acceptors (Lipinski definition) is 2. The molecule has 90 valence electrons. The van der Waals surface area contributed by atoms with Crippen molar-refractivity contribution in [1.29, 1.82) is 5.26 Å². The molecule has 17 heavy (non-hydrogen) atoms. The van der Waals surface area contributed by atoms with E-state index in [1.165, 1.54) is 0 Å². The van der Waals surface area contributed by atoms with Crippen LogP contribution in [0.25, 0.3) is 0 Å². The molecule has 0 aromatic heterocycles. The van der Waals surface area contributed by atoms with Gasteiger partial charge < -0.3 is 5.32 Å². The summed E-state index contributed by atoms with van der Waals surface area (Å²) >= 11 is 9.10. The second kappa shape index (κ2) is 6.04. The van der Waals surface area contributed by atoms with Crippen LogP contribution >= 0.6 is 27.5 Å². The van der Waals surface area contributed by atoms with Crippen molar-refractivity contribution in [3.05, 3.63) is 27.7 Å². The van der Waals surface area contributed by atoms with Crippen molar-refractivity contribution in [3.8, 4) is 6.07 Å². The molecule has 0 aliphatic carbocycles. The first-order chi connectivity index (χ1) is 7.95. The van der Waals surface area contributed by atoms with E-state index in [0.717, 1.165) is 0 Å². The van der Waals surface area contributed by atoms with Gasteiger partial charge in [0.25, 0.3) is 0 Å². The van der Waals surface area contributed by atoms with Gasteiger partial charge in [-0.05, 0) is 40.0 Å². The van der Waals surface area contributed by atoms with Gasteiger partial charge in [0.05, 0.1) is 11.8 Å². The Kier molecular flexibility index (Phi) is 4.98. The van der Waals surface area contributed by atoms with E-state index in [-0.39, 0.29) is 11.8 Å². The van der Waals surface area contributed by atoms with Gasteiger partial charge in [-0.25, -0.2) is 0 Å². The summed E-state index contributed by atoms with van der Waals surface area (Å²) in [4.78, 5) is 11.8. The van der Waals surface area contributed by atoms with Crippen molar-refractivity contribution >= 4 is 39.1 Å². The molecule has 0 saturated heterocycles. The molecule has 1 unspecified atom stereocenters. The van der Waals surface area contributed by atoms with E-state index >= 15 is 0 Å². The van der Waals surface area contributed by atoms with Crippen molar-refractivity contribution in [2.45, 2.75) is 13.8 Å². The van der Waals surface area contributed by atoms with Crippen LogP contribution in [0.3, 0.4) is 0 Å². The minimum Gasteiger partial charge on any atom is -0.324 e. The van der Waals surface area contributed by atoms with Crippen LogP contribution < -0.4 is 5.32 Å². The predicted molar refractivity (Wildman–Crippen MR) is 71.7 cm³/mol. The van der Waals surface area contributed by atoms with Crippen LogP contribution in [0.2, 0.25) is 5.02 Å². The second-order valence-corrected chi connectivity index (χ2v) is 5.25. The predicted octanol–water partition coefficient (Wildman–Crippen LogP) is 3.84. The molecular formula is C12H12BrClN2O. The summed E-state index contributed by atoms with van der Waals surface area (Å²) in [5.41, 5.74) is 0.611. The molecule has 0 saturated carbocycles. The normalized spacial score (nSPS) is 12.0. The van der Waals surface area contributed by atoms with Gasteiger partial charge in [0.2, 0.25) is 5.91 Å². The zero-order chi connectivity index (χ0) is 13.0. The monoisotopic (exact) mass is 314 g/mol. The Hall–Kier alpha value is -1.05. The molecule has 1 rings (SSSR count). The number of benzene rings is 1. The van der Waals surface area contributed by atoms with Crippen molar-refractivity contribution in [1.82, 2.24) is 0 Å². The van der Waals surface area contributed by atoms with Gasteiger partial charge in [-0.2, -0.15) is 5.26 Å². The Balaban J connectivity index is 2.85. The molecule has 0 heterocycles. The zero-order valence-corrected chi connectivity index (χ0v) is 11.8. The van der Waals surface area contributed by atoms with Crippen LogP contribution in [0.1, 0.15) is 13.8 Å². The molecule has 1 amide bonds. The summed E-state index contributed by atoms with van der Waals surface area (Å²) in [5, 5.41) is 12.2. The molecule has 0 aliphatic heterocycles. The summed E-state index contributed by atoms with van der Waals surface area (Å²) < 4.78 is 0.693. The van der Waals surface area contributed by atoms with Crippen molar-refractivity contribution < 1.29 is 4.79 Å². The van der Waals surface area contributed by atoms with Crippen LogP contribution in [0.4, 0.5) is 5.69 Å². The quantitative estimate of drug-likeness (QED) is 0.921. The number of nitrogens with zero attached hydrogens (tertiary/aromatic N) is 1. The number of anilines is 1. The minimum atomic E-state index is -0.655. The zero-order valence-electron chi connectivity index (χ0n) is 9.50. The number of halogens is 2. The van der Waals surface area contributed by atoms with Crippen LogP contribution in [0.5, 0.6) is 0 Å². The highest BCUT2D eigenvalue weighted by Gasteiger charge is 2.22. The Labute approximate surface area is 114 Å². The van der Waals surface area contributed by atoms with E-state index in [1.807, 2.05) is 19.9 Å². The number of nitriles is 1. The number of rotatable bonds is 3.